The van der Waals surface area contributed by atoms with Crippen molar-refractivity contribution in [2.75, 3.05) is 36.4 Å². The van der Waals surface area contributed by atoms with E-state index in [0.29, 0.717) is 13.1 Å². The quantitative estimate of drug-likeness (QED) is 0.782. The lowest BCUT2D eigenvalue weighted by atomic mass is 10.1. The van der Waals surface area contributed by atoms with E-state index in [1.54, 1.807) is 10.6 Å². The van der Waals surface area contributed by atoms with Gasteiger partial charge < -0.3 is 10.2 Å². The molecule has 2 aliphatic heterocycles. The van der Waals surface area contributed by atoms with Gasteiger partial charge in [-0.1, -0.05) is 30.3 Å². The van der Waals surface area contributed by atoms with Crippen LogP contribution in [0.5, 0.6) is 0 Å². The first-order valence-corrected chi connectivity index (χ1v) is 12.1. The fourth-order valence-corrected chi connectivity index (χ4v) is 5.65. The van der Waals surface area contributed by atoms with E-state index < -0.39 is 10.0 Å². The fraction of sp³-hybridized carbons (Fsp3) is 0.524. The lowest BCUT2D eigenvalue weighted by Crippen LogP contribution is -2.42. The van der Waals surface area contributed by atoms with Gasteiger partial charge in [0.15, 0.2) is 0 Å². The largest absolute Gasteiger partial charge is 0.367 e. The minimum atomic E-state index is -3.28. The van der Waals surface area contributed by atoms with Crippen molar-refractivity contribution in [3.8, 4) is 0 Å². The molecule has 29 heavy (non-hydrogen) atoms. The highest BCUT2D eigenvalue weighted by Crippen LogP contribution is 2.23. The summed E-state index contributed by atoms with van der Waals surface area (Å²) in [6.45, 7) is 3.18. The molecule has 0 unspecified atom stereocenters. The first-order chi connectivity index (χ1) is 14.1. The van der Waals surface area contributed by atoms with Gasteiger partial charge >= 0.3 is 0 Å². The number of nitrogens with one attached hydrogen (secondary N) is 1. The number of benzene rings is 1. The smallest absolute Gasteiger partial charge is 0.218 e. The maximum Gasteiger partial charge on any atom is 0.218 e. The van der Waals surface area contributed by atoms with Gasteiger partial charge in [0, 0.05) is 38.3 Å². The van der Waals surface area contributed by atoms with Crippen LogP contribution >= 0.6 is 0 Å². The van der Waals surface area contributed by atoms with Gasteiger partial charge in [0.25, 0.3) is 0 Å². The molecule has 8 heteroatoms. The molecule has 1 aromatic heterocycles. The Morgan fingerprint density at radius 3 is 2.41 bits per heavy atom. The summed E-state index contributed by atoms with van der Waals surface area (Å²) in [5, 5.41) is 3.48. The summed E-state index contributed by atoms with van der Waals surface area (Å²) in [4.78, 5) is 11.1. The number of hydrogen-bond acceptors (Lipinski definition) is 6. The van der Waals surface area contributed by atoms with Crippen molar-refractivity contribution in [2.24, 2.45) is 0 Å². The fourth-order valence-electron chi connectivity index (χ4n) is 4.09. The molecular formula is C21H29N5O2S. The van der Waals surface area contributed by atoms with E-state index in [0.717, 1.165) is 43.1 Å². The van der Waals surface area contributed by atoms with Gasteiger partial charge in [-0.05, 0) is 37.7 Å². The number of anilines is 2. The molecule has 2 aromatic rings. The number of sulfonamides is 1. The van der Waals surface area contributed by atoms with E-state index >= 15 is 0 Å². The van der Waals surface area contributed by atoms with Crippen LogP contribution in [0.2, 0.25) is 0 Å². The molecule has 0 spiro atoms. The van der Waals surface area contributed by atoms with Crippen molar-refractivity contribution in [1.29, 1.82) is 0 Å². The van der Waals surface area contributed by atoms with E-state index in [2.05, 4.69) is 20.2 Å². The molecule has 2 saturated heterocycles. The number of piperidine rings is 2. The number of nitrogens with zero attached hydrogens (tertiary/aromatic N) is 4. The molecule has 0 amide bonds. The molecular weight excluding hydrogens is 386 g/mol. The van der Waals surface area contributed by atoms with Gasteiger partial charge in [-0.3, -0.25) is 0 Å². The van der Waals surface area contributed by atoms with Crippen molar-refractivity contribution in [3.05, 3.63) is 48.3 Å². The van der Waals surface area contributed by atoms with E-state index in [1.807, 2.05) is 36.4 Å². The van der Waals surface area contributed by atoms with Crippen LogP contribution in [0.3, 0.4) is 0 Å². The minimum Gasteiger partial charge on any atom is -0.367 e. The molecule has 2 aliphatic rings. The van der Waals surface area contributed by atoms with E-state index in [-0.39, 0.29) is 11.8 Å². The highest BCUT2D eigenvalue weighted by atomic mass is 32.2. The van der Waals surface area contributed by atoms with E-state index in [4.69, 9.17) is 0 Å². The minimum absolute atomic E-state index is 0.0665. The Kier molecular flexibility index (Phi) is 6.30. The van der Waals surface area contributed by atoms with Crippen LogP contribution in [0, 0.1) is 0 Å². The Labute approximate surface area is 173 Å². The maximum absolute atomic E-state index is 12.7. The van der Waals surface area contributed by atoms with Gasteiger partial charge in [0.2, 0.25) is 10.0 Å². The number of rotatable bonds is 6. The molecule has 4 rings (SSSR count). The number of aromatic nitrogens is 2. The molecule has 7 nitrogen and oxygen atoms in total. The molecule has 1 N–H and O–H groups in total. The summed E-state index contributed by atoms with van der Waals surface area (Å²) in [7, 11) is -3.28. The summed E-state index contributed by atoms with van der Waals surface area (Å²) in [6, 6.07) is 11.6. The molecule has 1 aromatic carbocycles. The summed E-state index contributed by atoms with van der Waals surface area (Å²) >= 11 is 0. The zero-order valence-electron chi connectivity index (χ0n) is 16.7. The highest BCUT2D eigenvalue weighted by molar-refractivity contribution is 7.88. The third-order valence-electron chi connectivity index (χ3n) is 5.72. The highest BCUT2D eigenvalue weighted by Gasteiger charge is 2.28. The molecule has 0 aliphatic carbocycles. The van der Waals surface area contributed by atoms with Gasteiger partial charge in [0.05, 0.1) is 5.75 Å². The lowest BCUT2D eigenvalue weighted by Gasteiger charge is -2.32. The Morgan fingerprint density at radius 2 is 1.69 bits per heavy atom. The third kappa shape index (κ3) is 5.25. The second-order valence-corrected chi connectivity index (χ2v) is 9.84. The van der Waals surface area contributed by atoms with E-state index in [9.17, 15) is 8.42 Å². The topological polar surface area (TPSA) is 78.4 Å². The van der Waals surface area contributed by atoms with Crippen LogP contribution in [0.15, 0.2) is 42.7 Å². The van der Waals surface area contributed by atoms with Crippen molar-refractivity contribution in [3.63, 3.8) is 0 Å². The van der Waals surface area contributed by atoms with Crippen LogP contribution < -0.4 is 10.2 Å². The molecule has 0 bridgehead atoms. The summed E-state index contributed by atoms with van der Waals surface area (Å²) in [5.74, 6) is 1.87. The molecule has 0 saturated carbocycles. The summed E-state index contributed by atoms with van der Waals surface area (Å²) < 4.78 is 27.1. The standard InChI is InChI=1S/C21H29N5O2S/c27-29(28,16-18-7-3-1-4-8-18)26-13-9-19(10-14-26)24-20-15-21(23-17-22-20)25-11-5-2-6-12-25/h1,3-4,7-8,15,17,19H,2,5-6,9-14,16H2,(H,22,23,24). The Morgan fingerprint density at radius 1 is 0.966 bits per heavy atom. The zero-order valence-corrected chi connectivity index (χ0v) is 17.5. The van der Waals surface area contributed by atoms with Gasteiger partial charge in [-0.2, -0.15) is 0 Å². The van der Waals surface area contributed by atoms with E-state index in [1.165, 1.54) is 19.3 Å². The van der Waals surface area contributed by atoms with Crippen molar-refractivity contribution in [1.82, 2.24) is 14.3 Å². The van der Waals surface area contributed by atoms with Gasteiger partial charge in [0.1, 0.15) is 18.0 Å². The lowest BCUT2D eigenvalue weighted by molar-refractivity contribution is 0.329. The van der Waals surface area contributed by atoms with Crippen molar-refractivity contribution < 1.29 is 8.42 Å². The van der Waals surface area contributed by atoms with Crippen LogP contribution in [0.1, 0.15) is 37.7 Å². The average molecular weight is 416 g/mol. The molecule has 156 valence electrons. The van der Waals surface area contributed by atoms with Crippen LogP contribution in [-0.4, -0.2) is 54.9 Å². The van der Waals surface area contributed by atoms with Crippen LogP contribution in [-0.2, 0) is 15.8 Å². The predicted molar refractivity (Wildman–Crippen MR) is 115 cm³/mol. The molecule has 2 fully saturated rings. The summed E-state index contributed by atoms with van der Waals surface area (Å²) in [5.41, 5.74) is 0.832. The first kappa shape index (κ1) is 20.1. The SMILES string of the molecule is O=S(=O)(Cc1ccccc1)N1CCC(Nc2cc(N3CCCCC3)ncn2)CC1. The van der Waals surface area contributed by atoms with Gasteiger partial charge in [-0.25, -0.2) is 22.7 Å². The predicted octanol–water partition coefficient (Wildman–Crippen LogP) is 2.87. The monoisotopic (exact) mass is 415 g/mol. The maximum atomic E-state index is 12.7. The Hall–Kier alpha value is -2.19. The van der Waals surface area contributed by atoms with Crippen molar-refractivity contribution in [2.45, 2.75) is 43.9 Å². The van der Waals surface area contributed by atoms with Crippen LogP contribution in [0.4, 0.5) is 11.6 Å². The second kappa shape index (κ2) is 9.09. The van der Waals surface area contributed by atoms with Crippen molar-refractivity contribution >= 4 is 21.7 Å². The average Bonchev–Trinajstić information content (AvgIpc) is 2.75. The molecule has 0 radical (unpaired) electrons. The second-order valence-electron chi connectivity index (χ2n) is 7.87. The Bertz CT molecular complexity index is 892. The normalized spacial score (nSPS) is 19.2. The Balaban J connectivity index is 1.32. The molecule has 3 heterocycles. The first-order valence-electron chi connectivity index (χ1n) is 10.5. The van der Waals surface area contributed by atoms with Crippen LogP contribution in [0.25, 0.3) is 0 Å². The van der Waals surface area contributed by atoms with Gasteiger partial charge in [-0.15, -0.1) is 0 Å². The molecule has 0 atom stereocenters. The third-order valence-corrected chi connectivity index (χ3v) is 7.57. The summed E-state index contributed by atoms with van der Waals surface area (Å²) in [6.07, 6.45) is 6.88. The zero-order chi connectivity index (χ0) is 20.1. The number of hydrogen-bond donors (Lipinski definition) is 1.